The van der Waals surface area contributed by atoms with Crippen LogP contribution in [-0.4, -0.2) is 40.1 Å². The normalized spacial score (nSPS) is 20.6. The molecule has 1 saturated heterocycles. The first-order valence-electron chi connectivity index (χ1n) is 4.86. The van der Waals surface area contributed by atoms with Gasteiger partial charge in [-0.05, 0) is 18.6 Å². The Morgan fingerprint density at radius 3 is 3.07 bits per heavy atom. The van der Waals surface area contributed by atoms with E-state index in [4.69, 9.17) is 5.73 Å². The Hall–Kier alpha value is -1.62. The van der Waals surface area contributed by atoms with Gasteiger partial charge in [-0.1, -0.05) is 0 Å². The third kappa shape index (κ3) is 1.92. The summed E-state index contributed by atoms with van der Waals surface area (Å²) in [5, 5.41) is 9.32. The van der Waals surface area contributed by atoms with Gasteiger partial charge >= 0.3 is 0 Å². The molecule has 0 radical (unpaired) electrons. The fourth-order valence-electron chi connectivity index (χ4n) is 1.69. The molecule has 0 spiro atoms. The molecule has 15 heavy (non-hydrogen) atoms. The molecule has 1 aliphatic heterocycles. The van der Waals surface area contributed by atoms with Crippen molar-refractivity contribution in [3.63, 3.8) is 0 Å². The van der Waals surface area contributed by atoms with E-state index in [0.717, 1.165) is 0 Å². The van der Waals surface area contributed by atoms with Crippen LogP contribution in [0.15, 0.2) is 18.3 Å². The van der Waals surface area contributed by atoms with E-state index in [1.807, 2.05) is 0 Å². The van der Waals surface area contributed by atoms with Crippen molar-refractivity contribution in [1.82, 2.24) is 9.88 Å². The van der Waals surface area contributed by atoms with E-state index in [1.54, 1.807) is 23.2 Å². The van der Waals surface area contributed by atoms with Gasteiger partial charge in [0.25, 0.3) is 5.91 Å². The number of carbonyl (C=O) groups excluding carboxylic acids is 1. The van der Waals surface area contributed by atoms with Gasteiger partial charge in [0.05, 0.1) is 11.7 Å². The van der Waals surface area contributed by atoms with E-state index in [1.165, 1.54) is 0 Å². The third-order valence-corrected chi connectivity index (χ3v) is 2.52. The summed E-state index contributed by atoms with van der Waals surface area (Å²) in [4.78, 5) is 17.4. The molecule has 1 aromatic rings. The van der Waals surface area contributed by atoms with Crippen molar-refractivity contribution in [2.24, 2.45) is 0 Å². The Bertz CT molecular complexity index is 381. The van der Waals surface area contributed by atoms with Crippen LogP contribution in [0.4, 0.5) is 5.82 Å². The van der Waals surface area contributed by atoms with Crippen molar-refractivity contribution in [3.8, 4) is 0 Å². The molecule has 0 bridgehead atoms. The highest BCUT2D eigenvalue weighted by molar-refractivity contribution is 5.98. The predicted octanol–water partition coefficient (Wildman–Crippen LogP) is -0.129. The molecule has 1 aromatic heterocycles. The summed E-state index contributed by atoms with van der Waals surface area (Å²) in [6.45, 7) is 0.960. The maximum atomic E-state index is 11.9. The number of aliphatic hydroxyl groups is 1. The van der Waals surface area contributed by atoms with Crippen LogP contribution >= 0.6 is 0 Å². The number of nitrogens with two attached hydrogens (primary N) is 1. The van der Waals surface area contributed by atoms with Crippen molar-refractivity contribution >= 4 is 11.7 Å². The molecule has 1 aliphatic rings. The number of carbonyl (C=O) groups is 1. The number of nitrogen functional groups attached to an aromatic ring is 1. The van der Waals surface area contributed by atoms with Crippen LogP contribution in [0.1, 0.15) is 16.8 Å². The van der Waals surface area contributed by atoms with Crippen molar-refractivity contribution in [3.05, 3.63) is 23.9 Å². The van der Waals surface area contributed by atoms with Crippen LogP contribution in [-0.2, 0) is 0 Å². The van der Waals surface area contributed by atoms with Gasteiger partial charge in [-0.2, -0.15) is 0 Å². The molecular weight excluding hydrogens is 194 g/mol. The lowest BCUT2D eigenvalue weighted by Gasteiger charge is -2.15. The molecule has 0 saturated carbocycles. The number of pyridine rings is 1. The van der Waals surface area contributed by atoms with Gasteiger partial charge in [0.2, 0.25) is 0 Å². The number of hydrogen-bond donors (Lipinski definition) is 2. The Kier molecular flexibility index (Phi) is 2.55. The molecule has 2 rings (SSSR count). The maximum Gasteiger partial charge on any atom is 0.257 e. The van der Waals surface area contributed by atoms with Crippen molar-refractivity contribution in [2.45, 2.75) is 12.5 Å². The molecule has 0 aromatic carbocycles. The number of aliphatic hydroxyl groups excluding tert-OH is 1. The fraction of sp³-hybridized carbons (Fsp3) is 0.400. The largest absolute Gasteiger partial charge is 0.391 e. The van der Waals surface area contributed by atoms with E-state index in [9.17, 15) is 9.90 Å². The summed E-state index contributed by atoms with van der Waals surface area (Å²) >= 11 is 0. The average Bonchev–Trinajstić information content (AvgIpc) is 2.65. The number of anilines is 1. The number of hydrogen-bond acceptors (Lipinski definition) is 4. The minimum absolute atomic E-state index is 0.155. The van der Waals surface area contributed by atoms with E-state index >= 15 is 0 Å². The van der Waals surface area contributed by atoms with Gasteiger partial charge in [0.15, 0.2) is 0 Å². The molecule has 80 valence electrons. The smallest absolute Gasteiger partial charge is 0.257 e. The molecule has 2 heterocycles. The summed E-state index contributed by atoms with van der Waals surface area (Å²) < 4.78 is 0. The second kappa shape index (κ2) is 3.86. The quantitative estimate of drug-likeness (QED) is 0.672. The average molecular weight is 207 g/mol. The Labute approximate surface area is 87.5 Å². The first-order valence-corrected chi connectivity index (χ1v) is 4.86. The summed E-state index contributed by atoms with van der Waals surface area (Å²) in [6.07, 6.45) is 1.77. The molecule has 1 unspecified atom stereocenters. The Morgan fingerprint density at radius 1 is 1.67 bits per heavy atom. The fourth-order valence-corrected chi connectivity index (χ4v) is 1.69. The highest BCUT2D eigenvalue weighted by Crippen LogP contribution is 2.15. The molecular formula is C10H13N3O2. The van der Waals surface area contributed by atoms with E-state index < -0.39 is 6.10 Å². The summed E-state index contributed by atoms with van der Waals surface area (Å²) in [7, 11) is 0. The zero-order chi connectivity index (χ0) is 10.8. The van der Waals surface area contributed by atoms with Crippen molar-refractivity contribution < 1.29 is 9.90 Å². The highest BCUT2D eigenvalue weighted by atomic mass is 16.3. The zero-order valence-electron chi connectivity index (χ0n) is 8.26. The summed E-state index contributed by atoms with van der Waals surface area (Å²) in [5.74, 6) is 0.0843. The minimum Gasteiger partial charge on any atom is -0.391 e. The van der Waals surface area contributed by atoms with Gasteiger partial charge in [0, 0.05) is 19.3 Å². The molecule has 1 amide bonds. The second-order valence-electron chi connectivity index (χ2n) is 3.63. The Morgan fingerprint density at radius 2 is 2.47 bits per heavy atom. The summed E-state index contributed by atoms with van der Waals surface area (Å²) in [6, 6.07) is 3.32. The molecule has 1 atom stereocenters. The predicted molar refractivity (Wildman–Crippen MR) is 55.2 cm³/mol. The van der Waals surface area contributed by atoms with Gasteiger partial charge in [-0.25, -0.2) is 4.98 Å². The number of amides is 1. The lowest BCUT2D eigenvalue weighted by Crippen LogP contribution is -2.30. The minimum atomic E-state index is -0.410. The molecule has 5 nitrogen and oxygen atoms in total. The SMILES string of the molecule is Nc1ncccc1C(=O)N1CCC(O)C1. The Balaban J connectivity index is 2.18. The number of rotatable bonds is 1. The monoisotopic (exact) mass is 207 g/mol. The maximum absolute atomic E-state index is 11.9. The zero-order valence-corrected chi connectivity index (χ0v) is 8.26. The van der Waals surface area contributed by atoms with Crippen LogP contribution in [0, 0.1) is 0 Å². The first-order chi connectivity index (χ1) is 7.18. The molecule has 0 aliphatic carbocycles. The molecule has 1 fully saturated rings. The van der Waals surface area contributed by atoms with Gasteiger partial charge < -0.3 is 15.7 Å². The first kappa shape index (κ1) is 9.92. The van der Waals surface area contributed by atoms with E-state index in [-0.39, 0.29) is 11.7 Å². The molecule has 3 N–H and O–H groups in total. The van der Waals surface area contributed by atoms with Crippen LogP contribution in [0.3, 0.4) is 0 Å². The third-order valence-electron chi connectivity index (χ3n) is 2.52. The van der Waals surface area contributed by atoms with Gasteiger partial charge in [-0.3, -0.25) is 4.79 Å². The standard InChI is InChI=1S/C10H13N3O2/c11-9-8(2-1-4-12-9)10(15)13-5-3-7(14)6-13/h1-2,4,7,14H,3,5-6H2,(H2,11,12). The van der Waals surface area contributed by atoms with Crippen LogP contribution in [0.5, 0.6) is 0 Å². The number of aromatic nitrogens is 1. The van der Waals surface area contributed by atoms with Crippen LogP contribution < -0.4 is 5.73 Å². The van der Waals surface area contributed by atoms with E-state index in [2.05, 4.69) is 4.98 Å². The lowest BCUT2D eigenvalue weighted by atomic mass is 10.2. The second-order valence-corrected chi connectivity index (χ2v) is 3.63. The number of β-amino-alcohol motifs (C(OH)–C–C–N with tert-alkyl or cyclic N) is 1. The van der Waals surface area contributed by atoms with Gasteiger partial charge in [0.1, 0.15) is 5.82 Å². The molecule has 5 heteroatoms. The van der Waals surface area contributed by atoms with E-state index in [0.29, 0.717) is 25.1 Å². The van der Waals surface area contributed by atoms with Gasteiger partial charge in [-0.15, -0.1) is 0 Å². The van der Waals surface area contributed by atoms with Crippen LogP contribution in [0.25, 0.3) is 0 Å². The lowest BCUT2D eigenvalue weighted by molar-refractivity contribution is 0.0765. The highest BCUT2D eigenvalue weighted by Gasteiger charge is 2.26. The number of likely N-dealkylation sites (tertiary alicyclic amines) is 1. The number of nitrogens with zero attached hydrogens (tertiary/aromatic N) is 2. The summed E-state index contributed by atoms with van der Waals surface area (Å²) in [5.41, 5.74) is 6.01. The van der Waals surface area contributed by atoms with Crippen molar-refractivity contribution in [1.29, 1.82) is 0 Å². The van der Waals surface area contributed by atoms with Crippen molar-refractivity contribution in [2.75, 3.05) is 18.8 Å². The van der Waals surface area contributed by atoms with Crippen LogP contribution in [0.2, 0.25) is 0 Å². The topological polar surface area (TPSA) is 79.5 Å².